The molecule has 0 saturated heterocycles. The molecule has 5 nitrogen and oxygen atoms in total. The Morgan fingerprint density at radius 1 is 1.53 bits per heavy atom. The summed E-state index contributed by atoms with van der Waals surface area (Å²) in [4.78, 5) is 12.5. The largest absolute Gasteiger partial charge is 0.351 e. The lowest BCUT2D eigenvalue weighted by molar-refractivity contribution is 0.205. The van der Waals surface area contributed by atoms with E-state index in [-0.39, 0.29) is 10.6 Å². The SMILES string of the molecule is CN(C(N)=O)[C@@H]1CS(=O)(=O)c2ccc(Cl)cc21. The highest BCUT2D eigenvalue weighted by Crippen LogP contribution is 2.37. The second kappa shape index (κ2) is 3.89. The number of urea groups is 1. The number of amides is 2. The second-order valence-corrected chi connectivity index (χ2v) is 6.37. The van der Waals surface area contributed by atoms with E-state index in [1.54, 1.807) is 6.07 Å². The fourth-order valence-electron chi connectivity index (χ4n) is 1.92. The van der Waals surface area contributed by atoms with Gasteiger partial charge in [0.05, 0.1) is 16.7 Å². The van der Waals surface area contributed by atoms with Crippen LogP contribution in [0.25, 0.3) is 0 Å². The summed E-state index contributed by atoms with van der Waals surface area (Å²) in [6.45, 7) is 0. The van der Waals surface area contributed by atoms with E-state index in [1.165, 1.54) is 24.1 Å². The van der Waals surface area contributed by atoms with Crippen LogP contribution in [-0.4, -0.2) is 32.1 Å². The molecule has 1 aromatic rings. The van der Waals surface area contributed by atoms with Gasteiger partial charge in [0.2, 0.25) is 0 Å². The molecule has 0 bridgehead atoms. The summed E-state index contributed by atoms with van der Waals surface area (Å²) < 4.78 is 23.8. The Hall–Kier alpha value is -1.27. The van der Waals surface area contributed by atoms with Gasteiger partial charge >= 0.3 is 6.03 Å². The highest BCUT2D eigenvalue weighted by molar-refractivity contribution is 7.91. The molecule has 1 aliphatic heterocycles. The number of carbonyl (C=O) groups is 1. The third kappa shape index (κ3) is 1.98. The maximum atomic E-state index is 11.9. The number of sulfone groups is 1. The van der Waals surface area contributed by atoms with Crippen molar-refractivity contribution in [3.63, 3.8) is 0 Å². The molecular weight excluding hydrogens is 264 g/mol. The number of nitrogens with two attached hydrogens (primary N) is 1. The van der Waals surface area contributed by atoms with Crippen LogP contribution in [0.5, 0.6) is 0 Å². The fourth-order valence-corrected chi connectivity index (χ4v) is 3.93. The highest BCUT2D eigenvalue weighted by Gasteiger charge is 2.38. The number of nitrogens with zero attached hydrogens (tertiary/aromatic N) is 1. The average Bonchev–Trinajstić information content (AvgIpc) is 2.49. The molecule has 7 heteroatoms. The first-order valence-corrected chi connectivity index (χ1v) is 6.90. The summed E-state index contributed by atoms with van der Waals surface area (Å²) in [7, 11) is -1.89. The first kappa shape index (κ1) is 12.2. The van der Waals surface area contributed by atoms with E-state index >= 15 is 0 Å². The monoisotopic (exact) mass is 274 g/mol. The zero-order chi connectivity index (χ0) is 12.8. The van der Waals surface area contributed by atoms with Gasteiger partial charge in [-0.25, -0.2) is 13.2 Å². The topological polar surface area (TPSA) is 80.5 Å². The van der Waals surface area contributed by atoms with Crippen molar-refractivity contribution in [3.05, 3.63) is 28.8 Å². The maximum absolute atomic E-state index is 11.9. The first-order chi connectivity index (χ1) is 7.83. The van der Waals surface area contributed by atoms with Crippen molar-refractivity contribution in [1.82, 2.24) is 4.90 Å². The van der Waals surface area contributed by atoms with Gasteiger partial charge in [-0.15, -0.1) is 0 Å². The molecule has 0 aromatic heterocycles. The predicted octanol–water partition coefficient (Wildman–Crippen LogP) is 1.18. The molecule has 0 aliphatic carbocycles. The van der Waals surface area contributed by atoms with Gasteiger partial charge in [0.15, 0.2) is 9.84 Å². The van der Waals surface area contributed by atoms with E-state index in [0.29, 0.717) is 10.6 Å². The Kier molecular flexibility index (Phi) is 2.79. The lowest BCUT2D eigenvalue weighted by Crippen LogP contribution is -2.36. The van der Waals surface area contributed by atoms with Crippen molar-refractivity contribution in [2.24, 2.45) is 5.73 Å². The van der Waals surface area contributed by atoms with Crippen LogP contribution in [0, 0.1) is 0 Å². The Morgan fingerprint density at radius 3 is 2.76 bits per heavy atom. The number of carbonyl (C=O) groups excluding carboxylic acids is 1. The molecule has 2 N–H and O–H groups in total. The van der Waals surface area contributed by atoms with Gasteiger partial charge < -0.3 is 10.6 Å². The standard InChI is InChI=1S/C10H11ClN2O3S/c1-13(10(12)14)8-5-17(15,16)9-3-2-6(11)4-7(8)9/h2-4,8H,5H2,1H3,(H2,12,14)/t8-/m1/s1. The number of hydrogen-bond acceptors (Lipinski definition) is 3. The summed E-state index contributed by atoms with van der Waals surface area (Å²) in [6.07, 6.45) is 0. The minimum atomic E-state index is -3.36. The third-order valence-corrected chi connectivity index (χ3v) is 4.89. The van der Waals surface area contributed by atoms with Crippen LogP contribution in [-0.2, 0) is 9.84 Å². The highest BCUT2D eigenvalue weighted by atomic mass is 35.5. The summed E-state index contributed by atoms with van der Waals surface area (Å²) >= 11 is 5.84. The second-order valence-electron chi connectivity index (χ2n) is 3.93. The summed E-state index contributed by atoms with van der Waals surface area (Å²) in [5.74, 6) is -0.151. The summed E-state index contributed by atoms with van der Waals surface area (Å²) in [5.41, 5.74) is 5.69. The Balaban J connectivity index is 2.57. The number of halogens is 1. The number of fused-ring (bicyclic) bond motifs is 1. The van der Waals surface area contributed by atoms with Crippen LogP contribution >= 0.6 is 11.6 Å². The molecule has 2 amide bonds. The fraction of sp³-hybridized carbons (Fsp3) is 0.300. The predicted molar refractivity (Wildman–Crippen MR) is 63.6 cm³/mol. The molecule has 0 fully saturated rings. The molecule has 1 aliphatic rings. The van der Waals surface area contributed by atoms with Crippen LogP contribution in [0.1, 0.15) is 11.6 Å². The first-order valence-electron chi connectivity index (χ1n) is 4.87. The lowest BCUT2D eigenvalue weighted by Gasteiger charge is -2.22. The van der Waals surface area contributed by atoms with Gasteiger partial charge in [-0.3, -0.25) is 0 Å². The van der Waals surface area contributed by atoms with Crippen molar-refractivity contribution < 1.29 is 13.2 Å². The molecule has 1 aromatic carbocycles. The molecule has 0 saturated carbocycles. The van der Waals surface area contributed by atoms with Crippen molar-refractivity contribution in [2.45, 2.75) is 10.9 Å². The Bertz CT molecular complexity index is 585. The molecule has 0 spiro atoms. The van der Waals surface area contributed by atoms with E-state index < -0.39 is 21.9 Å². The van der Waals surface area contributed by atoms with E-state index in [9.17, 15) is 13.2 Å². The Morgan fingerprint density at radius 2 is 2.18 bits per heavy atom. The smallest absolute Gasteiger partial charge is 0.315 e. The molecule has 1 heterocycles. The van der Waals surface area contributed by atoms with E-state index in [2.05, 4.69) is 0 Å². The summed E-state index contributed by atoms with van der Waals surface area (Å²) in [6, 6.07) is 3.31. The van der Waals surface area contributed by atoms with E-state index in [1.807, 2.05) is 0 Å². The van der Waals surface area contributed by atoms with E-state index in [0.717, 1.165) is 0 Å². The van der Waals surface area contributed by atoms with Gasteiger partial charge in [0.25, 0.3) is 0 Å². The van der Waals surface area contributed by atoms with Crippen molar-refractivity contribution >= 4 is 27.5 Å². The minimum absolute atomic E-state index is 0.151. The molecule has 92 valence electrons. The average molecular weight is 275 g/mol. The summed E-state index contributed by atoms with van der Waals surface area (Å²) in [5, 5.41) is 0.434. The number of hydrogen-bond donors (Lipinski definition) is 1. The quantitative estimate of drug-likeness (QED) is 0.835. The molecule has 2 rings (SSSR count). The van der Waals surface area contributed by atoms with Crippen LogP contribution < -0.4 is 5.73 Å². The normalized spacial score (nSPS) is 20.9. The lowest BCUT2D eigenvalue weighted by atomic mass is 10.1. The van der Waals surface area contributed by atoms with Crippen LogP contribution in [0.3, 0.4) is 0 Å². The maximum Gasteiger partial charge on any atom is 0.315 e. The minimum Gasteiger partial charge on any atom is -0.351 e. The molecule has 17 heavy (non-hydrogen) atoms. The molecule has 0 radical (unpaired) electrons. The molecule has 0 unspecified atom stereocenters. The molecule has 1 atom stereocenters. The molecular formula is C10H11ClN2O3S. The van der Waals surface area contributed by atoms with Crippen molar-refractivity contribution in [2.75, 3.05) is 12.8 Å². The van der Waals surface area contributed by atoms with Crippen LogP contribution in [0.15, 0.2) is 23.1 Å². The third-order valence-electron chi connectivity index (χ3n) is 2.86. The Labute approximate surface area is 104 Å². The van der Waals surface area contributed by atoms with E-state index in [4.69, 9.17) is 17.3 Å². The van der Waals surface area contributed by atoms with Crippen LogP contribution in [0.2, 0.25) is 5.02 Å². The number of rotatable bonds is 1. The van der Waals surface area contributed by atoms with Gasteiger partial charge in [-0.2, -0.15) is 0 Å². The van der Waals surface area contributed by atoms with Gasteiger partial charge in [-0.05, 0) is 23.8 Å². The van der Waals surface area contributed by atoms with Gasteiger partial charge in [0.1, 0.15) is 0 Å². The van der Waals surface area contributed by atoms with Crippen LogP contribution in [0.4, 0.5) is 4.79 Å². The van der Waals surface area contributed by atoms with Crippen molar-refractivity contribution in [1.29, 1.82) is 0 Å². The zero-order valence-electron chi connectivity index (χ0n) is 9.05. The van der Waals surface area contributed by atoms with Gasteiger partial charge in [-0.1, -0.05) is 11.6 Å². The number of primary amides is 1. The van der Waals surface area contributed by atoms with Crippen molar-refractivity contribution in [3.8, 4) is 0 Å². The number of benzene rings is 1. The zero-order valence-corrected chi connectivity index (χ0v) is 10.6. The van der Waals surface area contributed by atoms with Gasteiger partial charge in [0, 0.05) is 12.1 Å².